The number of aromatic amines is 1. The van der Waals surface area contributed by atoms with Crippen molar-refractivity contribution >= 4 is 10.9 Å². The summed E-state index contributed by atoms with van der Waals surface area (Å²) in [6, 6.07) is 10.9. The van der Waals surface area contributed by atoms with Crippen LogP contribution in [-0.2, 0) is 6.42 Å². The number of para-hydroxylation sites is 1. The second-order valence-corrected chi connectivity index (χ2v) is 9.23. The molecule has 0 saturated heterocycles. The Bertz CT molecular complexity index is 781. The summed E-state index contributed by atoms with van der Waals surface area (Å²) in [6.07, 6.45) is 6.47. The average Bonchev–Trinajstić information content (AvgIpc) is 2.96. The zero-order valence-corrected chi connectivity index (χ0v) is 16.0. The van der Waals surface area contributed by atoms with Crippen LogP contribution >= 0.6 is 0 Å². The molecule has 0 bridgehead atoms. The molecule has 0 aliphatic heterocycles. The monoisotopic (exact) mass is 337 g/mol. The highest BCUT2D eigenvalue weighted by atomic mass is 16.3. The molecule has 4 rings (SSSR count). The van der Waals surface area contributed by atoms with Gasteiger partial charge in [0.1, 0.15) is 0 Å². The second kappa shape index (κ2) is 5.74. The van der Waals surface area contributed by atoms with Crippen LogP contribution in [-0.4, -0.2) is 16.2 Å². The molecular formula is C23H31NO. The zero-order chi connectivity index (χ0) is 17.8. The highest BCUT2D eigenvalue weighted by Gasteiger charge is 2.50. The number of hydrogen-bond donors (Lipinski definition) is 2. The van der Waals surface area contributed by atoms with Gasteiger partial charge >= 0.3 is 0 Å². The van der Waals surface area contributed by atoms with E-state index < -0.39 is 0 Å². The van der Waals surface area contributed by atoms with Crippen molar-refractivity contribution in [1.29, 1.82) is 0 Å². The van der Waals surface area contributed by atoms with Gasteiger partial charge in [0.2, 0.25) is 0 Å². The zero-order valence-electron chi connectivity index (χ0n) is 16.0. The number of aliphatic hydroxyl groups is 1. The topological polar surface area (TPSA) is 36.0 Å². The highest BCUT2D eigenvalue weighted by Crippen LogP contribution is 2.57. The summed E-state index contributed by atoms with van der Waals surface area (Å²) in [6.45, 7) is 9.35. The largest absolute Gasteiger partial charge is 0.392 e. The van der Waals surface area contributed by atoms with Crippen LogP contribution in [0.5, 0.6) is 0 Å². The first-order valence-electron chi connectivity index (χ1n) is 9.77. The van der Waals surface area contributed by atoms with E-state index in [9.17, 15) is 5.11 Å². The van der Waals surface area contributed by atoms with Gasteiger partial charge < -0.3 is 10.1 Å². The van der Waals surface area contributed by atoms with Gasteiger partial charge in [-0.3, -0.25) is 0 Å². The molecule has 2 aliphatic carbocycles. The normalized spacial score (nSPS) is 34.6. The first kappa shape index (κ1) is 16.9. The van der Waals surface area contributed by atoms with Crippen molar-refractivity contribution in [3.05, 3.63) is 47.7 Å². The fraction of sp³-hybridized carbons (Fsp3) is 0.565. The molecule has 2 aromatic rings. The molecule has 1 saturated carbocycles. The quantitative estimate of drug-likeness (QED) is 0.699. The Morgan fingerprint density at radius 2 is 1.92 bits per heavy atom. The summed E-state index contributed by atoms with van der Waals surface area (Å²) in [4.78, 5) is 3.64. The van der Waals surface area contributed by atoms with Crippen molar-refractivity contribution in [2.24, 2.45) is 22.7 Å². The van der Waals surface area contributed by atoms with Gasteiger partial charge in [0.05, 0.1) is 6.10 Å². The van der Waals surface area contributed by atoms with Crippen LogP contribution in [0.15, 0.2) is 42.0 Å². The van der Waals surface area contributed by atoms with Crippen LogP contribution in [0.3, 0.4) is 0 Å². The Balaban J connectivity index is 1.70. The number of benzene rings is 1. The standard InChI is InChI=1S/C23H31NO/c1-15-9-10-18-19(11-12-21(25)22(18,2)3)23(15,4)14-17-13-16-7-5-6-8-20(16)24-17/h5-8,10,13,15,19,21,24-25H,9,11-12,14H2,1-4H3/t15-,19-,21+,23-/m1/s1. The predicted molar refractivity (Wildman–Crippen MR) is 104 cm³/mol. The minimum absolute atomic E-state index is 0.0925. The van der Waals surface area contributed by atoms with E-state index in [1.165, 1.54) is 22.2 Å². The highest BCUT2D eigenvalue weighted by molar-refractivity contribution is 5.80. The lowest BCUT2D eigenvalue weighted by molar-refractivity contribution is -0.0112. The molecule has 25 heavy (non-hydrogen) atoms. The van der Waals surface area contributed by atoms with Gasteiger partial charge in [-0.1, -0.05) is 57.5 Å². The second-order valence-electron chi connectivity index (χ2n) is 9.23. The van der Waals surface area contributed by atoms with Crippen LogP contribution in [0.1, 0.15) is 52.7 Å². The van der Waals surface area contributed by atoms with Gasteiger partial charge in [-0.15, -0.1) is 0 Å². The summed E-state index contributed by atoms with van der Waals surface area (Å²) in [7, 11) is 0. The van der Waals surface area contributed by atoms with Gasteiger partial charge in [-0.2, -0.15) is 0 Å². The summed E-state index contributed by atoms with van der Waals surface area (Å²) >= 11 is 0. The van der Waals surface area contributed by atoms with Crippen molar-refractivity contribution in [1.82, 2.24) is 4.98 Å². The lowest BCUT2D eigenvalue weighted by Crippen LogP contribution is -2.49. The predicted octanol–water partition coefficient (Wildman–Crippen LogP) is 5.48. The van der Waals surface area contributed by atoms with Crippen LogP contribution in [0.25, 0.3) is 10.9 Å². The van der Waals surface area contributed by atoms with Crippen LogP contribution < -0.4 is 0 Å². The van der Waals surface area contributed by atoms with Crippen LogP contribution in [0, 0.1) is 22.7 Å². The first-order valence-corrected chi connectivity index (χ1v) is 9.77. The molecule has 2 N–H and O–H groups in total. The van der Waals surface area contributed by atoms with Gasteiger partial charge in [-0.05, 0) is 60.5 Å². The molecule has 1 aromatic heterocycles. The number of fused-ring (bicyclic) bond motifs is 2. The fourth-order valence-electron chi connectivity index (χ4n) is 5.43. The maximum Gasteiger partial charge on any atom is 0.0628 e. The van der Waals surface area contributed by atoms with E-state index in [4.69, 9.17) is 0 Å². The van der Waals surface area contributed by atoms with Gasteiger partial charge in [0, 0.05) is 16.6 Å². The molecule has 0 radical (unpaired) electrons. The van der Waals surface area contributed by atoms with Gasteiger partial charge in [0.15, 0.2) is 0 Å². The molecule has 2 aliphatic rings. The summed E-state index contributed by atoms with van der Waals surface area (Å²) < 4.78 is 0. The number of aliphatic hydroxyl groups excluding tert-OH is 1. The Kier molecular flexibility index (Phi) is 3.88. The molecule has 2 nitrogen and oxygen atoms in total. The molecule has 4 atom stereocenters. The summed E-state index contributed by atoms with van der Waals surface area (Å²) in [5.41, 5.74) is 4.23. The van der Waals surface area contributed by atoms with Crippen molar-refractivity contribution in [3.8, 4) is 0 Å². The Hall–Kier alpha value is -1.54. The number of H-pyrrole nitrogens is 1. The molecular weight excluding hydrogens is 306 g/mol. The summed E-state index contributed by atoms with van der Waals surface area (Å²) in [5, 5.41) is 11.9. The van der Waals surface area contributed by atoms with E-state index in [2.05, 4.69) is 69.1 Å². The molecule has 1 aromatic carbocycles. The lowest BCUT2D eigenvalue weighted by Gasteiger charge is -2.54. The number of rotatable bonds is 2. The minimum atomic E-state index is -0.208. The fourth-order valence-corrected chi connectivity index (χ4v) is 5.43. The van der Waals surface area contributed by atoms with E-state index in [-0.39, 0.29) is 16.9 Å². The number of hydrogen-bond acceptors (Lipinski definition) is 1. The Morgan fingerprint density at radius 1 is 1.16 bits per heavy atom. The molecule has 0 unspecified atom stereocenters. The average molecular weight is 338 g/mol. The van der Waals surface area contributed by atoms with Crippen molar-refractivity contribution < 1.29 is 5.11 Å². The molecule has 2 heteroatoms. The first-order chi connectivity index (χ1) is 11.8. The maximum absolute atomic E-state index is 10.5. The molecule has 134 valence electrons. The number of aromatic nitrogens is 1. The van der Waals surface area contributed by atoms with Crippen molar-refractivity contribution in [2.75, 3.05) is 0 Å². The van der Waals surface area contributed by atoms with Crippen LogP contribution in [0.4, 0.5) is 0 Å². The van der Waals surface area contributed by atoms with Crippen molar-refractivity contribution in [3.63, 3.8) is 0 Å². The molecule has 1 heterocycles. The Labute approximate surface area is 151 Å². The minimum Gasteiger partial charge on any atom is -0.392 e. The van der Waals surface area contributed by atoms with Crippen LogP contribution in [0.2, 0.25) is 0 Å². The van der Waals surface area contributed by atoms with Gasteiger partial charge in [-0.25, -0.2) is 0 Å². The molecule has 1 fully saturated rings. The Morgan fingerprint density at radius 3 is 2.68 bits per heavy atom. The third-order valence-corrected chi connectivity index (χ3v) is 7.45. The van der Waals surface area contributed by atoms with E-state index in [0.717, 1.165) is 25.7 Å². The number of allylic oxidation sites excluding steroid dienone is 1. The maximum atomic E-state index is 10.5. The summed E-state index contributed by atoms with van der Waals surface area (Å²) in [5.74, 6) is 1.22. The SMILES string of the molecule is C[C@@H]1CC=C2[C@@H](CC[C@H](O)C2(C)C)[C@]1(C)Cc1cc2ccccc2[nH]1. The van der Waals surface area contributed by atoms with Crippen molar-refractivity contribution in [2.45, 2.75) is 59.5 Å². The van der Waals surface area contributed by atoms with E-state index in [1.807, 2.05) is 0 Å². The van der Waals surface area contributed by atoms with E-state index in [0.29, 0.717) is 11.8 Å². The third-order valence-electron chi connectivity index (χ3n) is 7.45. The molecule has 0 amide bonds. The number of nitrogens with one attached hydrogen (secondary N) is 1. The smallest absolute Gasteiger partial charge is 0.0628 e. The van der Waals surface area contributed by atoms with E-state index in [1.54, 1.807) is 0 Å². The van der Waals surface area contributed by atoms with E-state index >= 15 is 0 Å². The lowest BCUT2D eigenvalue weighted by atomic mass is 9.51. The van der Waals surface area contributed by atoms with Gasteiger partial charge in [0.25, 0.3) is 0 Å². The molecule has 0 spiro atoms. The third kappa shape index (κ3) is 2.57.